The standard InChI is InChI=1S/C14H11BrF2N2O/c1-7-2-3-12(18)9(4-7)14(20)19-13-10(15)5-8(16)6-11(13)17/h2-6H,18H2,1H3,(H,19,20). The molecule has 20 heavy (non-hydrogen) atoms. The van der Waals surface area contributed by atoms with Crippen molar-refractivity contribution >= 4 is 33.2 Å². The first kappa shape index (κ1) is 14.5. The topological polar surface area (TPSA) is 55.1 Å². The largest absolute Gasteiger partial charge is 0.398 e. The van der Waals surface area contributed by atoms with Crippen molar-refractivity contribution in [1.82, 2.24) is 0 Å². The highest BCUT2D eigenvalue weighted by Gasteiger charge is 2.15. The van der Waals surface area contributed by atoms with E-state index in [0.717, 1.165) is 11.6 Å². The second kappa shape index (κ2) is 5.58. The molecule has 0 heterocycles. The summed E-state index contributed by atoms with van der Waals surface area (Å²) >= 11 is 3.01. The minimum Gasteiger partial charge on any atom is -0.398 e. The molecule has 2 aromatic carbocycles. The molecule has 0 aliphatic heterocycles. The van der Waals surface area contributed by atoms with E-state index >= 15 is 0 Å². The first-order valence-electron chi connectivity index (χ1n) is 5.70. The van der Waals surface area contributed by atoms with Crippen LogP contribution in [-0.4, -0.2) is 5.91 Å². The van der Waals surface area contributed by atoms with E-state index in [0.29, 0.717) is 6.07 Å². The van der Waals surface area contributed by atoms with Gasteiger partial charge in [-0.1, -0.05) is 11.6 Å². The van der Waals surface area contributed by atoms with Crippen molar-refractivity contribution in [2.45, 2.75) is 6.92 Å². The molecule has 0 radical (unpaired) electrons. The predicted octanol–water partition coefficient (Wildman–Crippen LogP) is 3.87. The van der Waals surface area contributed by atoms with Gasteiger partial charge in [0.2, 0.25) is 0 Å². The van der Waals surface area contributed by atoms with E-state index in [1.165, 1.54) is 0 Å². The van der Waals surface area contributed by atoms with Crippen molar-refractivity contribution in [2.24, 2.45) is 0 Å². The van der Waals surface area contributed by atoms with E-state index in [2.05, 4.69) is 21.2 Å². The fraction of sp³-hybridized carbons (Fsp3) is 0.0714. The number of carbonyl (C=O) groups is 1. The number of nitrogens with one attached hydrogen (secondary N) is 1. The van der Waals surface area contributed by atoms with Crippen molar-refractivity contribution in [3.05, 3.63) is 57.6 Å². The summed E-state index contributed by atoms with van der Waals surface area (Å²) in [6.07, 6.45) is 0. The van der Waals surface area contributed by atoms with Gasteiger partial charge in [0.25, 0.3) is 5.91 Å². The molecule has 3 nitrogen and oxygen atoms in total. The zero-order valence-electron chi connectivity index (χ0n) is 10.5. The highest BCUT2D eigenvalue weighted by Crippen LogP contribution is 2.28. The lowest BCUT2D eigenvalue weighted by Gasteiger charge is -2.11. The van der Waals surface area contributed by atoms with Gasteiger partial charge in [-0.3, -0.25) is 4.79 Å². The van der Waals surface area contributed by atoms with Gasteiger partial charge < -0.3 is 11.1 Å². The van der Waals surface area contributed by atoms with E-state index in [-0.39, 0.29) is 21.4 Å². The number of halogens is 3. The summed E-state index contributed by atoms with van der Waals surface area (Å²) in [5, 5.41) is 2.38. The molecular weight excluding hydrogens is 330 g/mol. The average molecular weight is 341 g/mol. The third kappa shape index (κ3) is 2.96. The Hall–Kier alpha value is -1.95. The van der Waals surface area contributed by atoms with Crippen LogP contribution in [0.2, 0.25) is 0 Å². The average Bonchev–Trinajstić information content (AvgIpc) is 2.36. The third-order valence-electron chi connectivity index (χ3n) is 2.70. The Kier molecular flexibility index (Phi) is 4.04. The number of anilines is 2. The molecule has 6 heteroatoms. The molecule has 3 N–H and O–H groups in total. The van der Waals surface area contributed by atoms with Gasteiger partial charge in [-0.25, -0.2) is 8.78 Å². The van der Waals surface area contributed by atoms with Crippen molar-refractivity contribution < 1.29 is 13.6 Å². The van der Waals surface area contributed by atoms with Crippen LogP contribution in [-0.2, 0) is 0 Å². The Bertz CT molecular complexity index is 666. The highest BCUT2D eigenvalue weighted by molar-refractivity contribution is 9.10. The van der Waals surface area contributed by atoms with Gasteiger partial charge in [0, 0.05) is 16.2 Å². The van der Waals surface area contributed by atoms with E-state index in [1.807, 2.05) is 6.92 Å². The predicted molar refractivity (Wildman–Crippen MR) is 77.6 cm³/mol. The van der Waals surface area contributed by atoms with Crippen LogP contribution in [0.1, 0.15) is 15.9 Å². The maximum Gasteiger partial charge on any atom is 0.257 e. The quantitative estimate of drug-likeness (QED) is 0.815. The number of nitrogen functional groups attached to an aromatic ring is 1. The number of nitrogens with two attached hydrogens (primary N) is 1. The van der Waals surface area contributed by atoms with Crippen molar-refractivity contribution in [3.63, 3.8) is 0 Å². The maximum absolute atomic E-state index is 13.7. The van der Waals surface area contributed by atoms with E-state index in [4.69, 9.17) is 5.73 Å². The fourth-order valence-corrected chi connectivity index (χ4v) is 2.22. The third-order valence-corrected chi connectivity index (χ3v) is 3.32. The summed E-state index contributed by atoms with van der Waals surface area (Å²) in [4.78, 5) is 12.1. The number of aryl methyl sites for hydroxylation is 1. The second-order valence-electron chi connectivity index (χ2n) is 4.29. The summed E-state index contributed by atoms with van der Waals surface area (Å²) in [6, 6.07) is 6.72. The van der Waals surface area contributed by atoms with Crippen LogP contribution in [0.5, 0.6) is 0 Å². The summed E-state index contributed by atoms with van der Waals surface area (Å²) in [5.41, 5.74) is 6.96. The van der Waals surface area contributed by atoms with Gasteiger partial charge in [0.1, 0.15) is 5.82 Å². The monoisotopic (exact) mass is 340 g/mol. The Morgan fingerprint density at radius 3 is 2.60 bits per heavy atom. The van der Waals surface area contributed by atoms with E-state index in [1.54, 1.807) is 18.2 Å². The summed E-state index contributed by atoms with van der Waals surface area (Å²) in [5.74, 6) is -2.16. The first-order chi connectivity index (χ1) is 9.38. The Morgan fingerprint density at radius 1 is 1.25 bits per heavy atom. The molecule has 0 saturated heterocycles. The normalized spacial score (nSPS) is 10.4. The number of hydrogen-bond acceptors (Lipinski definition) is 2. The molecular formula is C14H11BrF2N2O. The molecule has 2 rings (SSSR count). The van der Waals surface area contributed by atoms with Crippen molar-refractivity contribution in [1.29, 1.82) is 0 Å². The Morgan fingerprint density at radius 2 is 1.95 bits per heavy atom. The summed E-state index contributed by atoms with van der Waals surface area (Å²) < 4.78 is 26.8. The van der Waals surface area contributed by atoms with Crippen LogP contribution in [0.3, 0.4) is 0 Å². The fourth-order valence-electron chi connectivity index (χ4n) is 1.71. The molecule has 0 fully saturated rings. The van der Waals surface area contributed by atoms with Crippen molar-refractivity contribution in [3.8, 4) is 0 Å². The lowest BCUT2D eigenvalue weighted by molar-refractivity contribution is 0.102. The number of benzene rings is 2. The molecule has 0 spiro atoms. The lowest BCUT2D eigenvalue weighted by Crippen LogP contribution is -2.15. The Balaban J connectivity index is 2.35. The van der Waals surface area contributed by atoms with Crippen LogP contribution in [0, 0.1) is 18.6 Å². The van der Waals surface area contributed by atoms with Crippen LogP contribution in [0.15, 0.2) is 34.8 Å². The highest BCUT2D eigenvalue weighted by atomic mass is 79.9. The van der Waals surface area contributed by atoms with Gasteiger partial charge in [-0.15, -0.1) is 0 Å². The number of rotatable bonds is 2. The molecule has 104 valence electrons. The molecule has 0 aliphatic carbocycles. The van der Waals surface area contributed by atoms with Crippen LogP contribution >= 0.6 is 15.9 Å². The molecule has 0 unspecified atom stereocenters. The summed E-state index contributed by atoms with van der Waals surface area (Å²) in [6.45, 7) is 1.81. The number of carbonyl (C=O) groups excluding carboxylic acids is 1. The zero-order chi connectivity index (χ0) is 14.9. The minimum atomic E-state index is -0.864. The summed E-state index contributed by atoms with van der Waals surface area (Å²) in [7, 11) is 0. The molecule has 0 saturated carbocycles. The van der Waals surface area contributed by atoms with Gasteiger partial charge >= 0.3 is 0 Å². The lowest BCUT2D eigenvalue weighted by atomic mass is 10.1. The second-order valence-corrected chi connectivity index (χ2v) is 5.14. The van der Waals surface area contributed by atoms with E-state index in [9.17, 15) is 13.6 Å². The van der Waals surface area contributed by atoms with Gasteiger partial charge in [-0.05, 0) is 41.1 Å². The molecule has 0 aliphatic rings. The minimum absolute atomic E-state index is 0.120. The molecule has 0 aromatic heterocycles. The molecule has 1 amide bonds. The molecule has 0 atom stereocenters. The zero-order valence-corrected chi connectivity index (χ0v) is 12.1. The van der Waals surface area contributed by atoms with E-state index < -0.39 is 17.5 Å². The van der Waals surface area contributed by atoms with Crippen LogP contribution in [0.25, 0.3) is 0 Å². The molecule has 2 aromatic rings. The van der Waals surface area contributed by atoms with Gasteiger partial charge in [-0.2, -0.15) is 0 Å². The Labute approximate surface area is 122 Å². The number of hydrogen-bond donors (Lipinski definition) is 2. The van der Waals surface area contributed by atoms with Crippen molar-refractivity contribution in [2.75, 3.05) is 11.1 Å². The first-order valence-corrected chi connectivity index (χ1v) is 6.50. The van der Waals surface area contributed by atoms with Crippen LogP contribution in [0.4, 0.5) is 20.2 Å². The van der Waals surface area contributed by atoms with Crippen LogP contribution < -0.4 is 11.1 Å². The molecule has 0 bridgehead atoms. The SMILES string of the molecule is Cc1ccc(N)c(C(=O)Nc2c(F)cc(F)cc2Br)c1. The van der Waals surface area contributed by atoms with Gasteiger partial charge in [0.05, 0.1) is 11.3 Å². The van der Waals surface area contributed by atoms with Gasteiger partial charge in [0.15, 0.2) is 5.82 Å². The smallest absolute Gasteiger partial charge is 0.257 e. The number of amides is 1. The maximum atomic E-state index is 13.7.